The minimum atomic E-state index is -0.563. The highest BCUT2D eigenvalue weighted by molar-refractivity contribution is 7.40. The molecule has 0 saturated carbocycles. The molecule has 0 aliphatic heterocycles. The summed E-state index contributed by atoms with van der Waals surface area (Å²) in [5, 5.41) is 0. The standard InChI is InChI=1S/C20H45NO5P2/c1-11-14-21-26-18(6,17(5)28-20(13-3,24-9)25-10)15-16(4)27-19(12-2,22-7)23-8/h16-17,21,27-28H,11-15H2,1-10H3. The van der Waals surface area contributed by atoms with E-state index in [0.29, 0.717) is 22.8 Å². The minimum Gasteiger partial charge on any atom is -0.350 e. The first-order valence-electron chi connectivity index (χ1n) is 10.3. The second-order valence-electron chi connectivity index (χ2n) is 7.45. The van der Waals surface area contributed by atoms with Crippen molar-refractivity contribution >= 4 is 17.2 Å². The van der Waals surface area contributed by atoms with E-state index in [1.807, 2.05) is 0 Å². The van der Waals surface area contributed by atoms with E-state index in [1.54, 1.807) is 28.4 Å². The van der Waals surface area contributed by atoms with Gasteiger partial charge in [-0.2, -0.15) is 0 Å². The molecule has 0 bridgehead atoms. The highest BCUT2D eigenvalue weighted by atomic mass is 31.1. The molecular formula is C20H45NO5P2. The van der Waals surface area contributed by atoms with E-state index < -0.39 is 11.1 Å². The van der Waals surface area contributed by atoms with Gasteiger partial charge in [0.15, 0.2) is 11.1 Å². The zero-order valence-corrected chi connectivity index (χ0v) is 21.7. The van der Waals surface area contributed by atoms with Gasteiger partial charge in [-0.05, 0) is 25.4 Å². The van der Waals surface area contributed by atoms with Crippen LogP contribution < -0.4 is 5.48 Å². The van der Waals surface area contributed by atoms with Gasteiger partial charge < -0.3 is 18.9 Å². The van der Waals surface area contributed by atoms with Crippen LogP contribution in [0.15, 0.2) is 0 Å². The normalized spacial score (nSPS) is 18.2. The van der Waals surface area contributed by atoms with E-state index in [9.17, 15) is 0 Å². The van der Waals surface area contributed by atoms with E-state index >= 15 is 0 Å². The third-order valence-corrected chi connectivity index (χ3v) is 9.58. The van der Waals surface area contributed by atoms with Crippen LogP contribution in [0.4, 0.5) is 0 Å². The van der Waals surface area contributed by atoms with Gasteiger partial charge in [0.2, 0.25) is 0 Å². The summed E-state index contributed by atoms with van der Waals surface area (Å²) in [6.07, 6.45) is 3.52. The first-order chi connectivity index (χ1) is 13.2. The smallest absolute Gasteiger partial charge is 0.183 e. The number of nitrogens with one attached hydrogen (secondary N) is 1. The van der Waals surface area contributed by atoms with Crippen molar-refractivity contribution in [2.75, 3.05) is 35.0 Å². The van der Waals surface area contributed by atoms with E-state index in [1.165, 1.54) is 0 Å². The predicted octanol–water partition coefficient (Wildman–Crippen LogP) is 4.91. The van der Waals surface area contributed by atoms with E-state index in [4.69, 9.17) is 23.8 Å². The Morgan fingerprint density at radius 1 is 0.821 bits per heavy atom. The Morgan fingerprint density at radius 2 is 1.29 bits per heavy atom. The SMILES string of the molecule is CCCNOC(C)(CC(C)PC(CC)(OC)OC)C(C)PC(CC)(OC)OC. The highest BCUT2D eigenvalue weighted by Gasteiger charge is 2.42. The molecule has 0 aromatic heterocycles. The van der Waals surface area contributed by atoms with Crippen LogP contribution in [0.1, 0.15) is 67.2 Å². The van der Waals surface area contributed by atoms with Crippen LogP contribution in [-0.2, 0) is 23.8 Å². The van der Waals surface area contributed by atoms with Crippen molar-refractivity contribution in [1.29, 1.82) is 0 Å². The van der Waals surface area contributed by atoms with Crippen LogP contribution >= 0.6 is 17.2 Å². The lowest BCUT2D eigenvalue weighted by Crippen LogP contribution is -2.47. The van der Waals surface area contributed by atoms with Gasteiger partial charge in [0.1, 0.15) is 0 Å². The Balaban J connectivity index is 5.41. The van der Waals surface area contributed by atoms with Gasteiger partial charge in [-0.1, -0.05) is 51.8 Å². The first-order valence-corrected chi connectivity index (χ1v) is 12.5. The molecule has 8 heteroatoms. The molecule has 0 aromatic carbocycles. The molecule has 0 heterocycles. The molecule has 0 aliphatic carbocycles. The van der Waals surface area contributed by atoms with E-state index in [0.717, 1.165) is 32.2 Å². The highest BCUT2D eigenvalue weighted by Crippen LogP contribution is 2.49. The van der Waals surface area contributed by atoms with Gasteiger partial charge in [0.25, 0.3) is 0 Å². The number of hydrogen-bond donors (Lipinski definition) is 1. The van der Waals surface area contributed by atoms with Crippen molar-refractivity contribution in [2.45, 2.75) is 95.2 Å². The lowest BCUT2D eigenvalue weighted by molar-refractivity contribution is -0.143. The summed E-state index contributed by atoms with van der Waals surface area (Å²) in [4.78, 5) is 6.27. The van der Waals surface area contributed by atoms with Crippen LogP contribution in [0, 0.1) is 0 Å². The summed E-state index contributed by atoms with van der Waals surface area (Å²) in [5.41, 5.74) is 2.34. The van der Waals surface area contributed by atoms with Crippen LogP contribution in [0.3, 0.4) is 0 Å². The van der Waals surface area contributed by atoms with Gasteiger partial charge in [-0.25, -0.2) is 5.48 Å². The van der Waals surface area contributed by atoms with Crippen LogP contribution in [0.5, 0.6) is 0 Å². The molecule has 0 amide bonds. The molecule has 5 atom stereocenters. The molecule has 0 radical (unpaired) electrons. The number of ether oxygens (including phenoxy) is 4. The summed E-state index contributed by atoms with van der Waals surface area (Å²) in [7, 11) is 7.85. The fourth-order valence-electron chi connectivity index (χ4n) is 3.33. The molecule has 5 unspecified atom stereocenters. The number of methoxy groups -OCH3 is 4. The third kappa shape index (κ3) is 8.40. The number of hydrogen-bond acceptors (Lipinski definition) is 6. The Hall–Kier alpha value is 0.620. The summed E-state index contributed by atoms with van der Waals surface area (Å²) in [6, 6.07) is 0. The van der Waals surface area contributed by atoms with Crippen molar-refractivity contribution in [2.24, 2.45) is 0 Å². The van der Waals surface area contributed by atoms with Crippen LogP contribution in [0.2, 0.25) is 0 Å². The molecule has 0 aliphatic rings. The maximum atomic E-state index is 6.27. The van der Waals surface area contributed by atoms with Crippen LogP contribution in [-0.4, -0.2) is 63.0 Å². The number of hydroxylamine groups is 1. The lowest BCUT2D eigenvalue weighted by Gasteiger charge is -2.42. The van der Waals surface area contributed by atoms with E-state index in [2.05, 4.69) is 47.0 Å². The zero-order chi connectivity index (χ0) is 21.8. The zero-order valence-electron chi connectivity index (χ0n) is 19.7. The summed E-state index contributed by atoms with van der Waals surface area (Å²) >= 11 is 0. The summed E-state index contributed by atoms with van der Waals surface area (Å²) < 4.78 is 22.9. The molecule has 6 nitrogen and oxygen atoms in total. The lowest BCUT2D eigenvalue weighted by atomic mass is 9.96. The molecule has 170 valence electrons. The Morgan fingerprint density at radius 3 is 1.68 bits per heavy atom. The van der Waals surface area contributed by atoms with Crippen molar-refractivity contribution < 1.29 is 23.8 Å². The van der Waals surface area contributed by atoms with Gasteiger partial charge in [0.05, 0.1) is 5.60 Å². The first kappa shape index (κ1) is 28.6. The second kappa shape index (κ2) is 13.8. The monoisotopic (exact) mass is 441 g/mol. The molecule has 0 spiro atoms. The molecule has 0 aromatic rings. The predicted molar refractivity (Wildman–Crippen MR) is 122 cm³/mol. The molecule has 0 saturated heterocycles. The van der Waals surface area contributed by atoms with Gasteiger partial charge >= 0.3 is 0 Å². The van der Waals surface area contributed by atoms with Gasteiger partial charge in [-0.3, -0.25) is 4.84 Å². The maximum Gasteiger partial charge on any atom is 0.183 e. The topological polar surface area (TPSA) is 58.2 Å². The average Bonchev–Trinajstić information content (AvgIpc) is 2.70. The summed E-state index contributed by atoms with van der Waals surface area (Å²) in [6.45, 7) is 13.8. The molecule has 0 fully saturated rings. The largest absolute Gasteiger partial charge is 0.350 e. The van der Waals surface area contributed by atoms with Crippen molar-refractivity contribution in [3.8, 4) is 0 Å². The van der Waals surface area contributed by atoms with Crippen LogP contribution in [0.25, 0.3) is 0 Å². The molecular weight excluding hydrogens is 396 g/mol. The maximum absolute atomic E-state index is 6.27. The Bertz CT molecular complexity index is 392. The number of rotatable bonds is 17. The fourth-order valence-corrected chi connectivity index (χ4v) is 6.61. The molecule has 1 N–H and O–H groups in total. The Kier molecular flexibility index (Phi) is 14.1. The van der Waals surface area contributed by atoms with E-state index in [-0.39, 0.29) is 11.3 Å². The van der Waals surface area contributed by atoms with Crippen molar-refractivity contribution in [1.82, 2.24) is 5.48 Å². The summed E-state index contributed by atoms with van der Waals surface area (Å²) in [5.74, 6) is 0. The second-order valence-corrected chi connectivity index (χ2v) is 11.4. The van der Waals surface area contributed by atoms with Crippen molar-refractivity contribution in [3.63, 3.8) is 0 Å². The average molecular weight is 442 g/mol. The Labute approximate surface area is 177 Å². The molecule has 28 heavy (non-hydrogen) atoms. The van der Waals surface area contributed by atoms with Crippen molar-refractivity contribution in [3.05, 3.63) is 0 Å². The fraction of sp³-hybridized carbons (Fsp3) is 1.00. The quantitative estimate of drug-likeness (QED) is 0.150. The van der Waals surface area contributed by atoms with Gasteiger partial charge in [0, 0.05) is 53.5 Å². The van der Waals surface area contributed by atoms with Gasteiger partial charge in [-0.15, -0.1) is 0 Å². The third-order valence-electron chi connectivity index (χ3n) is 5.44. The molecule has 0 rings (SSSR count). The minimum absolute atomic E-state index is 0.241.